The molecule has 2 aromatic heterocycles. The smallest absolute Gasteiger partial charge is 0.288 e. The Morgan fingerprint density at radius 3 is 2.68 bits per heavy atom. The van der Waals surface area contributed by atoms with Crippen molar-refractivity contribution < 1.29 is 13.9 Å². The highest BCUT2D eigenvalue weighted by atomic mass is 19.1. The van der Waals surface area contributed by atoms with E-state index in [1.54, 1.807) is 37.1 Å². The second-order valence-corrected chi connectivity index (χ2v) is 6.81. The normalized spacial score (nSPS) is 14.5. The van der Waals surface area contributed by atoms with Crippen LogP contribution in [0.2, 0.25) is 0 Å². The highest BCUT2D eigenvalue weighted by Crippen LogP contribution is 2.20. The molecule has 1 amide bonds. The maximum Gasteiger partial charge on any atom is 0.288 e. The third-order valence-electron chi connectivity index (χ3n) is 4.57. The molecule has 0 spiro atoms. The zero-order valence-corrected chi connectivity index (χ0v) is 16.2. The van der Waals surface area contributed by atoms with E-state index in [0.717, 1.165) is 0 Å². The Labute approximate surface area is 162 Å². The highest BCUT2D eigenvalue weighted by Gasteiger charge is 2.26. The number of aromatic amines is 1. The van der Waals surface area contributed by atoms with Crippen LogP contribution in [0.5, 0.6) is 5.88 Å². The zero-order chi connectivity index (χ0) is 20.3. The molecule has 1 saturated heterocycles. The number of anilines is 1. The van der Waals surface area contributed by atoms with E-state index in [9.17, 15) is 14.0 Å². The van der Waals surface area contributed by atoms with E-state index in [1.165, 1.54) is 0 Å². The fourth-order valence-electron chi connectivity index (χ4n) is 3.09. The maximum absolute atomic E-state index is 14.0. The summed E-state index contributed by atoms with van der Waals surface area (Å²) in [7, 11) is 0. The summed E-state index contributed by atoms with van der Waals surface area (Å²) in [6, 6.07) is 3.40. The molecule has 0 bridgehead atoms. The molecule has 9 heteroatoms. The minimum absolute atomic E-state index is 0.147. The number of carbonyl (C=O) groups excluding carboxylic acids is 1. The molecule has 0 aromatic carbocycles. The Hall–Kier alpha value is -2.97. The minimum atomic E-state index is -0.840. The molecule has 3 heterocycles. The number of amides is 1. The second kappa shape index (κ2) is 8.37. The molecular weight excluding hydrogens is 365 g/mol. The molecule has 3 rings (SSSR count). The molecule has 0 saturated carbocycles. The zero-order valence-electron chi connectivity index (χ0n) is 16.2. The van der Waals surface area contributed by atoms with Gasteiger partial charge in [0, 0.05) is 32.4 Å². The molecule has 0 unspecified atom stereocenters. The summed E-state index contributed by atoms with van der Waals surface area (Å²) >= 11 is 0. The van der Waals surface area contributed by atoms with Crippen LogP contribution in [0.1, 0.15) is 42.7 Å². The Kier molecular flexibility index (Phi) is 5.91. The first kappa shape index (κ1) is 19.8. The second-order valence-electron chi connectivity index (χ2n) is 6.81. The largest absolute Gasteiger partial charge is 0.477 e. The average molecular weight is 389 g/mol. The van der Waals surface area contributed by atoms with Gasteiger partial charge in [0.1, 0.15) is 5.56 Å². The van der Waals surface area contributed by atoms with Gasteiger partial charge in [-0.3, -0.25) is 14.6 Å². The third-order valence-corrected chi connectivity index (χ3v) is 4.57. The van der Waals surface area contributed by atoms with Crippen molar-refractivity contribution in [3.8, 4) is 5.88 Å². The van der Waals surface area contributed by atoms with Crippen LogP contribution < -0.4 is 15.2 Å². The standard InChI is InChI=1S/C19H24FN5O3/c1-4-28-17-13(6-5-7-21-17)18(27)24-8-10-25(11-9-24)19-22-15(12(2)3)14(20)16(26)23-19/h5-7,12H,4,8-11H2,1-3H3,(H,22,23,26). The van der Waals surface area contributed by atoms with Crippen molar-refractivity contribution in [1.82, 2.24) is 19.9 Å². The third kappa shape index (κ3) is 3.97. The lowest BCUT2D eigenvalue weighted by Crippen LogP contribution is -2.49. The van der Waals surface area contributed by atoms with Gasteiger partial charge >= 0.3 is 0 Å². The van der Waals surface area contributed by atoms with Crippen molar-refractivity contribution in [2.24, 2.45) is 0 Å². The fraction of sp³-hybridized carbons (Fsp3) is 0.474. The summed E-state index contributed by atoms with van der Waals surface area (Å²) in [5.41, 5.74) is -0.203. The summed E-state index contributed by atoms with van der Waals surface area (Å²) in [6.07, 6.45) is 1.59. The Morgan fingerprint density at radius 1 is 1.32 bits per heavy atom. The summed E-state index contributed by atoms with van der Waals surface area (Å²) < 4.78 is 19.4. The Balaban J connectivity index is 1.73. The van der Waals surface area contributed by atoms with Crippen molar-refractivity contribution in [3.63, 3.8) is 0 Å². The van der Waals surface area contributed by atoms with E-state index in [4.69, 9.17) is 4.74 Å². The van der Waals surface area contributed by atoms with Crippen LogP contribution in [0, 0.1) is 5.82 Å². The van der Waals surface area contributed by atoms with Gasteiger partial charge in [0.05, 0.1) is 12.3 Å². The Morgan fingerprint density at radius 2 is 2.04 bits per heavy atom. The first-order chi connectivity index (χ1) is 13.4. The predicted molar refractivity (Wildman–Crippen MR) is 102 cm³/mol. The molecule has 2 aromatic rings. The number of H-pyrrole nitrogens is 1. The lowest BCUT2D eigenvalue weighted by atomic mass is 10.1. The first-order valence-electron chi connectivity index (χ1n) is 9.34. The molecule has 0 radical (unpaired) electrons. The molecule has 0 atom stereocenters. The average Bonchev–Trinajstić information content (AvgIpc) is 2.70. The number of hydrogen-bond acceptors (Lipinski definition) is 6. The van der Waals surface area contributed by atoms with Crippen LogP contribution in [0.4, 0.5) is 10.3 Å². The van der Waals surface area contributed by atoms with Crippen LogP contribution in [0.25, 0.3) is 0 Å². The number of rotatable bonds is 5. The fourth-order valence-corrected chi connectivity index (χ4v) is 3.09. The summed E-state index contributed by atoms with van der Waals surface area (Å²) in [5, 5.41) is 0. The predicted octanol–water partition coefficient (Wildman–Crippen LogP) is 1.79. The molecule has 8 nitrogen and oxygen atoms in total. The van der Waals surface area contributed by atoms with Crippen molar-refractivity contribution >= 4 is 11.9 Å². The number of nitrogens with zero attached hydrogens (tertiary/aromatic N) is 4. The maximum atomic E-state index is 14.0. The lowest BCUT2D eigenvalue weighted by molar-refractivity contribution is 0.0741. The van der Waals surface area contributed by atoms with Crippen LogP contribution in [0.3, 0.4) is 0 Å². The number of aromatic nitrogens is 3. The van der Waals surface area contributed by atoms with E-state index in [0.29, 0.717) is 50.2 Å². The van der Waals surface area contributed by atoms with E-state index in [1.807, 2.05) is 11.8 Å². The van der Waals surface area contributed by atoms with E-state index in [2.05, 4.69) is 15.0 Å². The van der Waals surface area contributed by atoms with Crippen LogP contribution in [-0.4, -0.2) is 58.5 Å². The van der Waals surface area contributed by atoms with E-state index < -0.39 is 11.4 Å². The van der Waals surface area contributed by atoms with Crippen molar-refractivity contribution in [3.05, 3.63) is 45.8 Å². The molecule has 28 heavy (non-hydrogen) atoms. The van der Waals surface area contributed by atoms with Crippen LogP contribution in [-0.2, 0) is 0 Å². The first-order valence-corrected chi connectivity index (χ1v) is 9.34. The van der Waals surface area contributed by atoms with Gasteiger partial charge in [0.15, 0.2) is 0 Å². The van der Waals surface area contributed by atoms with Crippen molar-refractivity contribution in [2.75, 3.05) is 37.7 Å². The van der Waals surface area contributed by atoms with E-state index in [-0.39, 0.29) is 17.5 Å². The quantitative estimate of drug-likeness (QED) is 0.838. The molecular formula is C19H24FN5O3. The van der Waals surface area contributed by atoms with E-state index >= 15 is 0 Å². The molecule has 1 fully saturated rings. The number of pyridine rings is 1. The molecule has 1 aliphatic heterocycles. The number of halogens is 1. The van der Waals surface area contributed by atoms with Gasteiger partial charge in [-0.05, 0) is 25.0 Å². The van der Waals surface area contributed by atoms with Gasteiger partial charge in [0.25, 0.3) is 11.5 Å². The number of nitrogens with one attached hydrogen (secondary N) is 1. The highest BCUT2D eigenvalue weighted by molar-refractivity contribution is 5.96. The van der Waals surface area contributed by atoms with Crippen molar-refractivity contribution in [1.29, 1.82) is 0 Å². The molecule has 150 valence electrons. The van der Waals surface area contributed by atoms with Crippen molar-refractivity contribution in [2.45, 2.75) is 26.7 Å². The topological polar surface area (TPSA) is 91.4 Å². The molecule has 1 N–H and O–H groups in total. The van der Waals surface area contributed by atoms with Gasteiger partial charge in [-0.25, -0.2) is 9.97 Å². The summed E-state index contributed by atoms with van der Waals surface area (Å²) in [6.45, 7) is 7.67. The molecule has 0 aliphatic carbocycles. The van der Waals surface area contributed by atoms with Gasteiger partial charge in [-0.15, -0.1) is 0 Å². The summed E-state index contributed by atoms with van der Waals surface area (Å²) in [5.74, 6) is -0.541. The number of hydrogen-bond donors (Lipinski definition) is 1. The number of piperazine rings is 1. The molecule has 1 aliphatic rings. The lowest BCUT2D eigenvalue weighted by Gasteiger charge is -2.35. The SMILES string of the molecule is CCOc1ncccc1C(=O)N1CCN(c2nc(C(C)C)c(F)c(=O)[nH]2)CC1. The van der Waals surface area contributed by atoms with Gasteiger partial charge in [-0.2, -0.15) is 4.39 Å². The Bertz CT molecular complexity index is 907. The van der Waals surface area contributed by atoms with Crippen LogP contribution >= 0.6 is 0 Å². The number of ether oxygens (including phenoxy) is 1. The van der Waals surface area contributed by atoms with Gasteiger partial charge in [-0.1, -0.05) is 13.8 Å². The monoisotopic (exact) mass is 389 g/mol. The van der Waals surface area contributed by atoms with Gasteiger partial charge in [0.2, 0.25) is 17.6 Å². The summed E-state index contributed by atoms with van der Waals surface area (Å²) in [4.78, 5) is 39.2. The minimum Gasteiger partial charge on any atom is -0.477 e. The number of carbonyl (C=O) groups is 1. The van der Waals surface area contributed by atoms with Gasteiger partial charge < -0.3 is 14.5 Å². The van der Waals surface area contributed by atoms with Crippen LogP contribution in [0.15, 0.2) is 23.1 Å².